The normalized spacial score (nSPS) is 14.3. The molecule has 0 aliphatic heterocycles. The van der Waals surface area contributed by atoms with Gasteiger partial charge in [-0.05, 0) is 62.3 Å². The highest BCUT2D eigenvalue weighted by Crippen LogP contribution is 2.29. The van der Waals surface area contributed by atoms with E-state index in [1.807, 2.05) is 20.8 Å². The summed E-state index contributed by atoms with van der Waals surface area (Å²) in [6.45, 7) is 11.1. The minimum absolute atomic E-state index is 0.0558. The fourth-order valence-electron chi connectivity index (χ4n) is 4.38. The van der Waals surface area contributed by atoms with Crippen LogP contribution in [-0.2, 0) is 28.5 Å². The molecule has 0 saturated carbocycles. The molecular formula is C32H50O10. The van der Waals surface area contributed by atoms with Crippen LogP contribution in [0.2, 0.25) is 0 Å². The topological polar surface area (TPSA) is 146 Å². The number of rotatable bonds is 20. The summed E-state index contributed by atoms with van der Waals surface area (Å²) >= 11 is 0. The summed E-state index contributed by atoms with van der Waals surface area (Å²) in [5, 5.41) is 20.3. The zero-order valence-corrected chi connectivity index (χ0v) is 26.1. The quantitative estimate of drug-likeness (QED) is 0.153. The highest BCUT2D eigenvalue weighted by Gasteiger charge is 2.26. The summed E-state index contributed by atoms with van der Waals surface area (Å²) in [6.07, 6.45) is 3.54. The van der Waals surface area contributed by atoms with Crippen molar-refractivity contribution in [2.24, 2.45) is 5.41 Å². The highest BCUT2D eigenvalue weighted by atomic mass is 16.6. The maximum atomic E-state index is 12.3. The molecule has 3 atom stereocenters. The Morgan fingerprint density at radius 3 is 1.71 bits per heavy atom. The molecule has 0 fully saturated rings. The van der Waals surface area contributed by atoms with Crippen molar-refractivity contribution in [3.63, 3.8) is 0 Å². The van der Waals surface area contributed by atoms with E-state index in [-0.39, 0.29) is 36.0 Å². The summed E-state index contributed by atoms with van der Waals surface area (Å²) in [6, 6.07) is 5.59. The number of unbranched alkanes of at least 4 members (excludes halogenated alkanes) is 1. The summed E-state index contributed by atoms with van der Waals surface area (Å²) in [5.41, 5.74) is -0.258. The molecule has 0 aliphatic carbocycles. The van der Waals surface area contributed by atoms with Gasteiger partial charge in [0, 0.05) is 0 Å². The molecule has 0 aromatic heterocycles. The van der Waals surface area contributed by atoms with Crippen LogP contribution in [0.3, 0.4) is 0 Å². The van der Waals surface area contributed by atoms with Crippen molar-refractivity contribution in [2.45, 2.75) is 117 Å². The monoisotopic (exact) mass is 594 g/mol. The molecule has 0 radical (unpaired) electrons. The number of esters is 4. The minimum Gasteiger partial charge on any atom is -0.463 e. The van der Waals surface area contributed by atoms with E-state index in [2.05, 4.69) is 20.8 Å². The van der Waals surface area contributed by atoms with Crippen molar-refractivity contribution in [3.8, 4) is 0 Å². The van der Waals surface area contributed by atoms with Crippen LogP contribution in [0, 0.1) is 5.41 Å². The number of carbonyl (C=O) groups is 4. The number of carbonyl (C=O) groups excluding carboxylic acids is 4. The molecule has 10 nitrogen and oxygen atoms in total. The number of ether oxygens (including phenoxy) is 4. The van der Waals surface area contributed by atoms with Crippen LogP contribution in [0.5, 0.6) is 0 Å². The molecule has 0 heterocycles. The molecule has 238 valence electrons. The van der Waals surface area contributed by atoms with Crippen LogP contribution in [0.1, 0.15) is 120 Å². The summed E-state index contributed by atoms with van der Waals surface area (Å²) < 4.78 is 20.7. The molecule has 0 aliphatic rings. The van der Waals surface area contributed by atoms with E-state index >= 15 is 0 Å². The maximum Gasteiger partial charge on any atom is 0.338 e. The zero-order chi connectivity index (χ0) is 31.8. The second kappa shape index (κ2) is 18.5. The van der Waals surface area contributed by atoms with Gasteiger partial charge in [-0.2, -0.15) is 0 Å². The first kappa shape index (κ1) is 37.0. The van der Waals surface area contributed by atoms with Gasteiger partial charge in [0.15, 0.2) is 0 Å². The first-order valence-electron chi connectivity index (χ1n) is 14.9. The zero-order valence-electron chi connectivity index (χ0n) is 26.1. The predicted molar refractivity (Wildman–Crippen MR) is 157 cm³/mol. The Bertz CT molecular complexity index is 988. The summed E-state index contributed by atoms with van der Waals surface area (Å²) in [5.74, 6) is -2.52. The lowest BCUT2D eigenvalue weighted by Gasteiger charge is -2.28. The minimum atomic E-state index is -1.26. The highest BCUT2D eigenvalue weighted by molar-refractivity contribution is 5.93. The molecule has 0 spiro atoms. The Morgan fingerprint density at radius 1 is 0.714 bits per heavy atom. The van der Waals surface area contributed by atoms with Crippen molar-refractivity contribution in [1.82, 2.24) is 0 Å². The average Bonchev–Trinajstić information content (AvgIpc) is 2.95. The van der Waals surface area contributed by atoms with E-state index in [1.54, 1.807) is 0 Å². The third kappa shape index (κ3) is 14.8. The average molecular weight is 595 g/mol. The van der Waals surface area contributed by atoms with Gasteiger partial charge in [-0.15, -0.1) is 0 Å². The Morgan fingerprint density at radius 2 is 1.21 bits per heavy atom. The standard InChI is InChI=1S/C32H50O10/c1-7-10-18-31(4,5)19-25(33)20-40-29(37)23-11-13-24(14-12-23)30(38)41-22-26(34)21-39-27(35)15-16-28(36)42-32(6,9-3)17-8-2/h11-14,25-26,33-34H,7-10,15-22H2,1-6H3. The van der Waals surface area contributed by atoms with Gasteiger partial charge in [-0.3, -0.25) is 9.59 Å². The molecule has 0 amide bonds. The fourth-order valence-corrected chi connectivity index (χ4v) is 4.38. The third-order valence-corrected chi connectivity index (χ3v) is 7.02. The first-order valence-corrected chi connectivity index (χ1v) is 14.9. The van der Waals surface area contributed by atoms with Crippen molar-refractivity contribution in [3.05, 3.63) is 35.4 Å². The SMILES string of the molecule is CCCCC(C)(C)CC(O)COC(=O)c1ccc(C(=O)OCC(O)COC(=O)CCC(=O)OC(C)(CC)CCC)cc1. The van der Waals surface area contributed by atoms with Crippen LogP contribution in [0.25, 0.3) is 0 Å². The van der Waals surface area contributed by atoms with Crippen LogP contribution >= 0.6 is 0 Å². The van der Waals surface area contributed by atoms with Crippen molar-refractivity contribution >= 4 is 23.9 Å². The fraction of sp³-hybridized carbons (Fsp3) is 0.688. The van der Waals surface area contributed by atoms with Gasteiger partial charge < -0.3 is 29.2 Å². The smallest absolute Gasteiger partial charge is 0.338 e. The van der Waals surface area contributed by atoms with Crippen LogP contribution < -0.4 is 0 Å². The Labute approximate surface area is 250 Å². The molecular weight excluding hydrogens is 544 g/mol. The van der Waals surface area contributed by atoms with Gasteiger partial charge in [-0.1, -0.05) is 53.9 Å². The third-order valence-electron chi connectivity index (χ3n) is 7.02. The largest absolute Gasteiger partial charge is 0.463 e. The van der Waals surface area contributed by atoms with E-state index in [1.165, 1.54) is 24.3 Å². The van der Waals surface area contributed by atoms with Crippen molar-refractivity contribution in [1.29, 1.82) is 0 Å². The molecule has 1 aromatic carbocycles. The summed E-state index contributed by atoms with van der Waals surface area (Å²) in [7, 11) is 0. The number of aliphatic hydroxyl groups excluding tert-OH is 2. The predicted octanol–water partition coefficient (Wildman–Crippen LogP) is 5.16. The van der Waals surface area contributed by atoms with Gasteiger partial charge in [0.05, 0.1) is 30.1 Å². The van der Waals surface area contributed by atoms with Gasteiger partial charge in [0.1, 0.15) is 31.5 Å². The summed E-state index contributed by atoms with van der Waals surface area (Å²) in [4.78, 5) is 48.7. The van der Waals surface area contributed by atoms with Crippen LogP contribution in [-0.4, -0.2) is 71.7 Å². The van der Waals surface area contributed by atoms with E-state index in [0.29, 0.717) is 12.8 Å². The second-order valence-corrected chi connectivity index (χ2v) is 11.8. The molecule has 10 heteroatoms. The first-order chi connectivity index (χ1) is 19.7. The lowest BCUT2D eigenvalue weighted by molar-refractivity contribution is -0.162. The Balaban J connectivity index is 2.39. The molecule has 0 saturated heterocycles. The molecule has 3 unspecified atom stereocenters. The van der Waals surface area contributed by atoms with E-state index in [4.69, 9.17) is 18.9 Å². The van der Waals surface area contributed by atoms with Crippen LogP contribution in [0.4, 0.5) is 0 Å². The van der Waals surface area contributed by atoms with Gasteiger partial charge in [0.25, 0.3) is 0 Å². The second-order valence-electron chi connectivity index (χ2n) is 11.8. The Kier molecular flexibility index (Phi) is 16.3. The van der Waals surface area contributed by atoms with Gasteiger partial charge >= 0.3 is 23.9 Å². The van der Waals surface area contributed by atoms with Gasteiger partial charge in [-0.25, -0.2) is 9.59 Å². The number of aliphatic hydroxyl groups is 2. The number of hydrogen-bond acceptors (Lipinski definition) is 10. The molecule has 2 N–H and O–H groups in total. The van der Waals surface area contributed by atoms with E-state index in [0.717, 1.165) is 32.1 Å². The molecule has 1 rings (SSSR count). The molecule has 1 aromatic rings. The van der Waals surface area contributed by atoms with Gasteiger partial charge in [0.2, 0.25) is 0 Å². The number of benzene rings is 1. The van der Waals surface area contributed by atoms with Crippen molar-refractivity contribution < 1.29 is 48.3 Å². The van der Waals surface area contributed by atoms with Crippen LogP contribution in [0.15, 0.2) is 24.3 Å². The van der Waals surface area contributed by atoms with Crippen molar-refractivity contribution in [2.75, 3.05) is 19.8 Å². The number of hydrogen-bond donors (Lipinski definition) is 2. The maximum absolute atomic E-state index is 12.3. The molecule has 0 bridgehead atoms. The lowest BCUT2D eigenvalue weighted by Crippen LogP contribution is -2.31. The molecule has 42 heavy (non-hydrogen) atoms. The van der Waals surface area contributed by atoms with E-state index in [9.17, 15) is 29.4 Å². The van der Waals surface area contributed by atoms with E-state index < -0.39 is 54.9 Å². The lowest BCUT2D eigenvalue weighted by atomic mass is 9.82. The Hall–Kier alpha value is -2.98.